The molecule has 2 rings (SSSR count). The predicted octanol–water partition coefficient (Wildman–Crippen LogP) is 3.19. The minimum absolute atomic E-state index is 0.380. The maximum Gasteiger partial charge on any atom is 0.357 e. The van der Waals surface area contributed by atoms with E-state index >= 15 is 0 Å². The number of pyridine rings is 1. The number of aromatic nitrogens is 2. The molecule has 0 saturated heterocycles. The smallest absolute Gasteiger partial charge is 0.357 e. The fraction of sp³-hybridized carbons (Fsp3) is 0.357. The van der Waals surface area contributed by atoms with Gasteiger partial charge in [-0.3, -0.25) is 4.98 Å². The molecule has 0 spiro atoms. The van der Waals surface area contributed by atoms with Gasteiger partial charge < -0.3 is 4.74 Å². The van der Waals surface area contributed by atoms with Crippen molar-refractivity contribution in [3.63, 3.8) is 0 Å². The number of esters is 1. The average molecular weight is 276 g/mol. The lowest BCUT2D eigenvalue weighted by Crippen LogP contribution is -2.06. The number of hydrogen-bond donors (Lipinski definition) is 0. The Bertz CT molecular complexity index is 564. The lowest BCUT2D eigenvalue weighted by Gasteiger charge is -2.02. The van der Waals surface area contributed by atoms with Crippen LogP contribution in [0.15, 0.2) is 24.4 Å². The van der Waals surface area contributed by atoms with Crippen molar-refractivity contribution in [1.82, 2.24) is 9.97 Å². The van der Waals surface area contributed by atoms with Gasteiger partial charge in [0, 0.05) is 11.1 Å². The van der Waals surface area contributed by atoms with Crippen LogP contribution in [0.4, 0.5) is 0 Å². The normalized spacial score (nSPS) is 10.7. The Morgan fingerprint density at radius 1 is 1.42 bits per heavy atom. The van der Waals surface area contributed by atoms with Crippen LogP contribution in [0.3, 0.4) is 0 Å². The molecule has 0 aliphatic heterocycles. The van der Waals surface area contributed by atoms with Crippen LogP contribution in [0.5, 0.6) is 0 Å². The summed E-state index contributed by atoms with van der Waals surface area (Å²) < 4.78 is 4.79. The van der Waals surface area contributed by atoms with Gasteiger partial charge in [-0.2, -0.15) is 0 Å². The van der Waals surface area contributed by atoms with Gasteiger partial charge in [-0.1, -0.05) is 19.9 Å². The Morgan fingerprint density at radius 3 is 2.79 bits per heavy atom. The highest BCUT2D eigenvalue weighted by molar-refractivity contribution is 7.15. The molecule has 0 saturated carbocycles. The minimum atomic E-state index is -0.380. The van der Waals surface area contributed by atoms with E-state index in [1.54, 1.807) is 6.20 Å². The Labute approximate surface area is 116 Å². The molecule has 2 aromatic heterocycles. The van der Waals surface area contributed by atoms with E-state index in [1.165, 1.54) is 18.4 Å². The van der Waals surface area contributed by atoms with Crippen LogP contribution in [-0.2, 0) is 11.2 Å². The van der Waals surface area contributed by atoms with Crippen molar-refractivity contribution in [3.8, 4) is 10.7 Å². The molecular formula is C14H16N2O2S. The summed E-state index contributed by atoms with van der Waals surface area (Å²) in [4.78, 5) is 21.4. The van der Waals surface area contributed by atoms with E-state index in [0.717, 1.165) is 22.0 Å². The Balaban J connectivity index is 2.42. The summed E-state index contributed by atoms with van der Waals surface area (Å²) >= 11 is 1.51. The van der Waals surface area contributed by atoms with E-state index in [4.69, 9.17) is 4.74 Å². The second kappa shape index (κ2) is 5.93. The van der Waals surface area contributed by atoms with Crippen LogP contribution in [0.25, 0.3) is 10.7 Å². The van der Waals surface area contributed by atoms with Crippen LogP contribution in [-0.4, -0.2) is 23.0 Å². The molecule has 0 radical (unpaired) electrons. The predicted molar refractivity (Wildman–Crippen MR) is 75.2 cm³/mol. The molecule has 0 N–H and O–H groups in total. The van der Waals surface area contributed by atoms with Crippen LogP contribution in [0, 0.1) is 5.92 Å². The molecule has 4 nitrogen and oxygen atoms in total. The molecule has 2 heterocycles. The molecule has 0 aliphatic rings. The second-order valence-electron chi connectivity index (χ2n) is 4.60. The number of ether oxygens (including phenoxy) is 1. The third-order valence-electron chi connectivity index (χ3n) is 2.55. The number of nitrogens with zero attached hydrogens (tertiary/aromatic N) is 2. The largest absolute Gasteiger partial charge is 0.464 e. The second-order valence-corrected chi connectivity index (χ2v) is 5.68. The first kappa shape index (κ1) is 13.7. The Kier molecular flexibility index (Phi) is 4.27. The van der Waals surface area contributed by atoms with Crippen molar-refractivity contribution in [2.45, 2.75) is 20.3 Å². The van der Waals surface area contributed by atoms with E-state index in [2.05, 4.69) is 23.8 Å². The van der Waals surface area contributed by atoms with E-state index in [-0.39, 0.29) is 5.97 Å². The van der Waals surface area contributed by atoms with Crippen LogP contribution in [0.2, 0.25) is 0 Å². The molecule has 100 valence electrons. The number of carbonyl (C=O) groups excluding carboxylic acids is 1. The molecule has 0 bridgehead atoms. The van der Waals surface area contributed by atoms with Gasteiger partial charge in [-0.15, -0.1) is 11.3 Å². The highest BCUT2D eigenvalue weighted by Gasteiger charge is 2.20. The van der Waals surface area contributed by atoms with Gasteiger partial charge in [0.1, 0.15) is 5.01 Å². The van der Waals surface area contributed by atoms with Gasteiger partial charge >= 0.3 is 5.97 Å². The number of carbonyl (C=O) groups is 1. The monoisotopic (exact) mass is 276 g/mol. The average Bonchev–Trinajstić information content (AvgIpc) is 2.82. The standard InChI is InChI=1S/C14H16N2O2S/c1-9(2)8-11-12(14(17)18-3)16-13(19-11)10-6-4-5-7-15-10/h4-7,9H,8H2,1-3H3. The summed E-state index contributed by atoms with van der Waals surface area (Å²) in [6, 6.07) is 5.65. The summed E-state index contributed by atoms with van der Waals surface area (Å²) in [6.07, 6.45) is 2.53. The molecule has 0 fully saturated rings. The molecule has 0 unspecified atom stereocenters. The van der Waals surface area contributed by atoms with Crippen LogP contribution in [0.1, 0.15) is 29.2 Å². The summed E-state index contributed by atoms with van der Waals surface area (Å²) in [6.45, 7) is 4.22. The van der Waals surface area contributed by atoms with Crippen LogP contribution >= 0.6 is 11.3 Å². The van der Waals surface area contributed by atoms with E-state index in [0.29, 0.717) is 11.6 Å². The SMILES string of the molecule is COC(=O)c1nc(-c2ccccn2)sc1CC(C)C. The van der Waals surface area contributed by atoms with Crippen molar-refractivity contribution in [1.29, 1.82) is 0 Å². The lowest BCUT2D eigenvalue weighted by atomic mass is 10.1. The van der Waals surface area contributed by atoms with Crippen LogP contribution < -0.4 is 0 Å². The molecule has 2 aromatic rings. The van der Waals surface area contributed by atoms with E-state index < -0.39 is 0 Å². The number of rotatable bonds is 4. The van der Waals surface area contributed by atoms with E-state index in [9.17, 15) is 4.79 Å². The van der Waals surface area contributed by atoms with Crippen molar-refractivity contribution in [2.75, 3.05) is 7.11 Å². The van der Waals surface area contributed by atoms with Crippen molar-refractivity contribution < 1.29 is 9.53 Å². The Hall–Kier alpha value is -1.75. The minimum Gasteiger partial charge on any atom is -0.464 e. The number of hydrogen-bond acceptors (Lipinski definition) is 5. The number of thiazole rings is 1. The quantitative estimate of drug-likeness (QED) is 0.805. The van der Waals surface area contributed by atoms with E-state index in [1.807, 2.05) is 18.2 Å². The summed E-state index contributed by atoms with van der Waals surface area (Å²) in [5.41, 5.74) is 1.20. The first-order valence-corrected chi connectivity index (χ1v) is 6.93. The zero-order valence-electron chi connectivity index (χ0n) is 11.2. The van der Waals surface area contributed by atoms with Crippen molar-refractivity contribution in [2.24, 2.45) is 5.92 Å². The molecular weight excluding hydrogens is 260 g/mol. The van der Waals surface area contributed by atoms with Gasteiger partial charge in [0.05, 0.1) is 12.8 Å². The first-order valence-electron chi connectivity index (χ1n) is 6.11. The highest BCUT2D eigenvalue weighted by Crippen LogP contribution is 2.29. The first-order chi connectivity index (χ1) is 9.11. The third kappa shape index (κ3) is 3.17. The van der Waals surface area contributed by atoms with Gasteiger partial charge in [-0.05, 0) is 24.5 Å². The summed E-state index contributed by atoms with van der Waals surface area (Å²) in [7, 11) is 1.38. The number of methoxy groups -OCH3 is 1. The molecule has 19 heavy (non-hydrogen) atoms. The maximum absolute atomic E-state index is 11.8. The summed E-state index contributed by atoms with van der Waals surface area (Å²) in [5, 5.41) is 0.761. The fourth-order valence-electron chi connectivity index (χ4n) is 1.72. The maximum atomic E-state index is 11.8. The third-order valence-corrected chi connectivity index (χ3v) is 3.65. The zero-order chi connectivity index (χ0) is 13.8. The molecule has 0 amide bonds. The highest BCUT2D eigenvalue weighted by atomic mass is 32.1. The molecule has 5 heteroatoms. The van der Waals surface area contributed by atoms with Gasteiger partial charge in [0.25, 0.3) is 0 Å². The molecule has 0 aromatic carbocycles. The van der Waals surface area contributed by atoms with Crippen molar-refractivity contribution >= 4 is 17.3 Å². The Morgan fingerprint density at radius 2 is 2.21 bits per heavy atom. The van der Waals surface area contributed by atoms with Gasteiger partial charge in [0.15, 0.2) is 5.69 Å². The fourth-order valence-corrected chi connectivity index (χ4v) is 2.95. The van der Waals surface area contributed by atoms with Gasteiger partial charge in [-0.25, -0.2) is 9.78 Å². The topological polar surface area (TPSA) is 52.1 Å². The zero-order valence-corrected chi connectivity index (χ0v) is 12.0. The summed E-state index contributed by atoms with van der Waals surface area (Å²) in [5.74, 6) is 0.0783. The van der Waals surface area contributed by atoms with Crippen molar-refractivity contribution in [3.05, 3.63) is 35.0 Å². The molecule has 0 atom stereocenters. The lowest BCUT2D eigenvalue weighted by molar-refractivity contribution is 0.0593. The van der Waals surface area contributed by atoms with Gasteiger partial charge in [0.2, 0.25) is 0 Å². The molecule has 0 aliphatic carbocycles.